The van der Waals surface area contributed by atoms with Gasteiger partial charge in [-0.1, -0.05) is 11.3 Å². The fraction of sp³-hybridized carbons (Fsp3) is 0.545. The van der Waals surface area contributed by atoms with Crippen LogP contribution in [-0.2, 0) is 0 Å². The summed E-state index contributed by atoms with van der Waals surface area (Å²) < 4.78 is 0. The molecule has 0 spiro atoms. The molecule has 2 rings (SSSR count). The van der Waals surface area contributed by atoms with Crippen LogP contribution in [0.2, 0.25) is 0 Å². The first kappa shape index (κ1) is 13.0. The van der Waals surface area contributed by atoms with Crippen LogP contribution >= 0.6 is 11.3 Å². The number of thiophene rings is 1. The number of rotatable bonds is 4. The largest absolute Gasteiger partial charge is 0.339 e. The van der Waals surface area contributed by atoms with Crippen LogP contribution in [0.1, 0.15) is 22.5 Å². The van der Waals surface area contributed by atoms with Gasteiger partial charge in [0.25, 0.3) is 5.91 Å². The van der Waals surface area contributed by atoms with E-state index in [0.29, 0.717) is 17.5 Å². The monoisotopic (exact) mass is 269 g/mol. The van der Waals surface area contributed by atoms with Gasteiger partial charge < -0.3 is 10.2 Å². The molecule has 1 N–H and O–H groups in total. The van der Waals surface area contributed by atoms with Gasteiger partial charge in [-0.25, -0.2) is 0 Å². The van der Waals surface area contributed by atoms with Gasteiger partial charge >= 0.3 is 5.00 Å². The lowest BCUT2D eigenvalue weighted by Crippen LogP contribution is -2.38. The lowest BCUT2D eigenvalue weighted by Gasteiger charge is -2.20. The topological polar surface area (TPSA) is 75.5 Å². The van der Waals surface area contributed by atoms with Crippen LogP contribution in [0.3, 0.4) is 0 Å². The third-order valence-electron chi connectivity index (χ3n) is 2.99. The van der Waals surface area contributed by atoms with E-state index >= 15 is 0 Å². The number of likely N-dealkylation sites (N-methyl/N-ethyl adjacent to an activating group) is 1. The Morgan fingerprint density at radius 1 is 1.67 bits per heavy atom. The van der Waals surface area contributed by atoms with Crippen LogP contribution in [0.4, 0.5) is 5.00 Å². The Morgan fingerprint density at radius 2 is 2.44 bits per heavy atom. The fourth-order valence-electron chi connectivity index (χ4n) is 2.05. The van der Waals surface area contributed by atoms with Crippen molar-refractivity contribution >= 4 is 22.2 Å². The summed E-state index contributed by atoms with van der Waals surface area (Å²) in [6.45, 7) is 1.64. The van der Waals surface area contributed by atoms with Gasteiger partial charge in [-0.2, -0.15) is 0 Å². The number of hydrogen-bond acceptors (Lipinski definition) is 5. The predicted octanol–water partition coefficient (Wildman–Crippen LogP) is 1.48. The van der Waals surface area contributed by atoms with Crippen LogP contribution in [0, 0.1) is 10.1 Å². The van der Waals surface area contributed by atoms with Crippen LogP contribution in [0.25, 0.3) is 0 Å². The van der Waals surface area contributed by atoms with Crippen LogP contribution < -0.4 is 5.32 Å². The molecule has 98 valence electrons. The maximum absolute atomic E-state index is 12.1. The molecule has 1 unspecified atom stereocenters. The molecule has 0 bridgehead atoms. The molecule has 0 aliphatic carbocycles. The molecule has 1 aliphatic heterocycles. The second-order valence-electron chi connectivity index (χ2n) is 4.37. The minimum atomic E-state index is -0.472. The standard InChI is InChI=1S/C11H15N3O3S/c1-13(7-8-3-2-6-12-8)11(15)9-4-5-10(18-9)14(16)17/h4-5,8,12H,2-3,6-7H2,1H3. The fourth-order valence-corrected chi connectivity index (χ4v) is 2.87. The summed E-state index contributed by atoms with van der Waals surface area (Å²) in [6, 6.07) is 3.23. The van der Waals surface area contributed by atoms with Gasteiger partial charge in [-0.05, 0) is 25.5 Å². The molecule has 18 heavy (non-hydrogen) atoms. The predicted molar refractivity (Wildman–Crippen MR) is 69.0 cm³/mol. The molecule has 1 aromatic heterocycles. The average molecular weight is 269 g/mol. The van der Waals surface area contributed by atoms with E-state index in [0.717, 1.165) is 30.7 Å². The zero-order valence-electron chi connectivity index (χ0n) is 10.1. The van der Waals surface area contributed by atoms with E-state index in [-0.39, 0.29) is 10.9 Å². The molecular weight excluding hydrogens is 254 g/mol. The Kier molecular flexibility index (Phi) is 3.93. The summed E-state index contributed by atoms with van der Waals surface area (Å²) in [5, 5.41) is 13.9. The van der Waals surface area contributed by atoms with Crippen molar-refractivity contribution < 1.29 is 9.72 Å². The molecule has 1 atom stereocenters. The van der Waals surface area contributed by atoms with Crippen molar-refractivity contribution in [3.8, 4) is 0 Å². The number of hydrogen-bond donors (Lipinski definition) is 1. The zero-order valence-corrected chi connectivity index (χ0v) is 10.9. The van der Waals surface area contributed by atoms with Gasteiger partial charge in [-0.3, -0.25) is 14.9 Å². The van der Waals surface area contributed by atoms with Gasteiger partial charge in [-0.15, -0.1) is 0 Å². The highest BCUT2D eigenvalue weighted by Gasteiger charge is 2.22. The number of amides is 1. The van der Waals surface area contributed by atoms with Gasteiger partial charge in [0.15, 0.2) is 0 Å². The van der Waals surface area contributed by atoms with E-state index in [1.54, 1.807) is 11.9 Å². The summed E-state index contributed by atoms with van der Waals surface area (Å²) >= 11 is 0.925. The Labute approximate surface area is 109 Å². The third-order valence-corrected chi connectivity index (χ3v) is 4.01. The van der Waals surface area contributed by atoms with Crippen molar-refractivity contribution in [1.82, 2.24) is 10.2 Å². The summed E-state index contributed by atoms with van der Waals surface area (Å²) in [6.07, 6.45) is 2.21. The quantitative estimate of drug-likeness (QED) is 0.663. The van der Waals surface area contributed by atoms with E-state index in [4.69, 9.17) is 0 Å². The van der Waals surface area contributed by atoms with E-state index < -0.39 is 4.92 Å². The summed E-state index contributed by atoms with van der Waals surface area (Å²) in [5.41, 5.74) is 0. The van der Waals surface area contributed by atoms with Gasteiger partial charge in [0.1, 0.15) is 0 Å². The van der Waals surface area contributed by atoms with Gasteiger partial charge in [0.2, 0.25) is 0 Å². The number of carbonyl (C=O) groups excluding carboxylic acids is 1. The Balaban J connectivity index is 1.98. The van der Waals surface area contributed by atoms with Crippen LogP contribution in [0.15, 0.2) is 12.1 Å². The Morgan fingerprint density at radius 3 is 3.00 bits per heavy atom. The third kappa shape index (κ3) is 2.85. The summed E-state index contributed by atoms with van der Waals surface area (Å²) in [5.74, 6) is -0.151. The van der Waals surface area contributed by atoms with E-state index in [1.165, 1.54) is 12.1 Å². The first-order valence-electron chi connectivity index (χ1n) is 5.81. The molecule has 6 nitrogen and oxygen atoms in total. The zero-order chi connectivity index (χ0) is 13.1. The molecule has 1 amide bonds. The molecule has 7 heteroatoms. The number of carbonyl (C=O) groups is 1. The molecule has 1 aliphatic rings. The highest BCUT2D eigenvalue weighted by Crippen LogP contribution is 2.25. The second kappa shape index (κ2) is 5.45. The van der Waals surface area contributed by atoms with Crippen molar-refractivity contribution in [1.29, 1.82) is 0 Å². The first-order chi connectivity index (χ1) is 8.58. The average Bonchev–Trinajstić information content (AvgIpc) is 2.98. The number of nitro groups is 1. The smallest absolute Gasteiger partial charge is 0.324 e. The molecule has 0 radical (unpaired) electrons. The second-order valence-corrected chi connectivity index (χ2v) is 5.44. The number of nitrogens with one attached hydrogen (secondary N) is 1. The summed E-state index contributed by atoms with van der Waals surface area (Å²) in [7, 11) is 1.73. The summed E-state index contributed by atoms with van der Waals surface area (Å²) in [4.78, 5) is 24.2. The van der Waals surface area contributed by atoms with Crippen LogP contribution in [-0.4, -0.2) is 41.9 Å². The first-order valence-corrected chi connectivity index (χ1v) is 6.62. The van der Waals surface area contributed by atoms with Crippen molar-refractivity contribution in [2.75, 3.05) is 20.1 Å². The van der Waals surface area contributed by atoms with Gasteiger partial charge in [0, 0.05) is 25.7 Å². The maximum Gasteiger partial charge on any atom is 0.324 e. The molecule has 1 fully saturated rings. The minimum Gasteiger partial charge on any atom is -0.339 e. The Hall–Kier alpha value is -1.47. The lowest BCUT2D eigenvalue weighted by molar-refractivity contribution is -0.380. The van der Waals surface area contributed by atoms with E-state index in [9.17, 15) is 14.9 Å². The van der Waals surface area contributed by atoms with Gasteiger partial charge in [0.05, 0.1) is 9.80 Å². The van der Waals surface area contributed by atoms with E-state index in [1.807, 2.05) is 0 Å². The lowest BCUT2D eigenvalue weighted by atomic mass is 10.2. The SMILES string of the molecule is CN(CC1CCCN1)C(=O)c1ccc([N+](=O)[O-])s1. The van der Waals surface area contributed by atoms with Crippen molar-refractivity contribution in [2.24, 2.45) is 0 Å². The molecule has 1 saturated heterocycles. The highest BCUT2D eigenvalue weighted by molar-refractivity contribution is 7.17. The molecule has 2 heterocycles. The normalized spacial score (nSPS) is 18.8. The molecule has 0 saturated carbocycles. The van der Waals surface area contributed by atoms with Crippen molar-refractivity contribution in [2.45, 2.75) is 18.9 Å². The molecular formula is C11H15N3O3S. The molecule has 0 aromatic carbocycles. The highest BCUT2D eigenvalue weighted by atomic mass is 32.1. The molecule has 1 aromatic rings. The van der Waals surface area contributed by atoms with Crippen molar-refractivity contribution in [3.63, 3.8) is 0 Å². The minimum absolute atomic E-state index is 0.00532. The number of nitrogens with zero attached hydrogens (tertiary/aromatic N) is 2. The van der Waals surface area contributed by atoms with E-state index in [2.05, 4.69) is 5.32 Å². The Bertz CT molecular complexity index is 454. The maximum atomic E-state index is 12.1. The van der Waals surface area contributed by atoms with Crippen LogP contribution in [0.5, 0.6) is 0 Å². The van der Waals surface area contributed by atoms with Crippen molar-refractivity contribution in [3.05, 3.63) is 27.1 Å².